The molecule has 0 aliphatic carbocycles. The summed E-state index contributed by atoms with van der Waals surface area (Å²) in [5, 5.41) is 6.10. The van der Waals surface area contributed by atoms with Crippen molar-refractivity contribution in [2.45, 2.75) is 6.42 Å². The van der Waals surface area contributed by atoms with Gasteiger partial charge in [-0.25, -0.2) is 4.98 Å². The minimum Gasteiger partial charge on any atom is -0.497 e. The summed E-state index contributed by atoms with van der Waals surface area (Å²) in [7, 11) is 4.74. The first-order valence-corrected chi connectivity index (χ1v) is 9.48. The molecule has 2 N–H and O–H groups in total. The van der Waals surface area contributed by atoms with Crippen LogP contribution in [0.15, 0.2) is 60.8 Å². The molecule has 7 nitrogen and oxygen atoms in total. The van der Waals surface area contributed by atoms with Gasteiger partial charge in [0, 0.05) is 18.2 Å². The molecule has 0 bridgehead atoms. The highest BCUT2D eigenvalue weighted by molar-refractivity contribution is 6.04. The van der Waals surface area contributed by atoms with Crippen LogP contribution in [-0.2, 0) is 6.42 Å². The molecular weight excluding hydrogens is 382 g/mol. The summed E-state index contributed by atoms with van der Waals surface area (Å²) in [6.45, 7) is 0.745. The number of methoxy groups -OCH3 is 3. The lowest BCUT2D eigenvalue weighted by molar-refractivity contribution is 0.102. The van der Waals surface area contributed by atoms with E-state index in [0.29, 0.717) is 22.7 Å². The van der Waals surface area contributed by atoms with Crippen LogP contribution in [0.4, 0.5) is 11.5 Å². The molecule has 3 aromatic rings. The fourth-order valence-corrected chi connectivity index (χ4v) is 2.84. The molecule has 0 saturated carbocycles. The van der Waals surface area contributed by atoms with E-state index >= 15 is 0 Å². The van der Waals surface area contributed by atoms with E-state index in [2.05, 4.69) is 15.6 Å². The fraction of sp³-hybridized carbons (Fsp3) is 0.217. The van der Waals surface area contributed by atoms with Crippen molar-refractivity contribution in [3.63, 3.8) is 0 Å². The molecule has 156 valence electrons. The van der Waals surface area contributed by atoms with Crippen molar-refractivity contribution in [3.8, 4) is 17.2 Å². The Bertz CT molecular complexity index is 950. The second-order valence-electron chi connectivity index (χ2n) is 6.51. The van der Waals surface area contributed by atoms with E-state index < -0.39 is 0 Å². The van der Waals surface area contributed by atoms with Crippen LogP contribution >= 0.6 is 0 Å². The maximum atomic E-state index is 12.5. The lowest BCUT2D eigenvalue weighted by atomic mass is 10.1. The highest BCUT2D eigenvalue weighted by atomic mass is 16.5. The summed E-state index contributed by atoms with van der Waals surface area (Å²) < 4.78 is 15.6. The number of hydrogen-bond acceptors (Lipinski definition) is 6. The first kappa shape index (κ1) is 21.0. The number of nitrogens with zero attached hydrogens (tertiary/aromatic N) is 1. The van der Waals surface area contributed by atoms with Crippen LogP contribution in [0.25, 0.3) is 0 Å². The van der Waals surface area contributed by atoms with E-state index in [1.807, 2.05) is 30.3 Å². The summed E-state index contributed by atoms with van der Waals surface area (Å²) in [5.41, 5.74) is 2.25. The quantitative estimate of drug-likeness (QED) is 0.558. The topological polar surface area (TPSA) is 81.7 Å². The number of hydrogen-bond donors (Lipinski definition) is 2. The Morgan fingerprint density at radius 3 is 2.10 bits per heavy atom. The molecule has 3 rings (SSSR count). The standard InChI is InChI=1S/C23H25N3O4/c1-28-19-7-4-16(5-8-19)10-11-24-22-9-6-18(15-25-22)26-23(27)17-12-20(29-2)14-21(13-17)30-3/h4-9,12-15H,10-11H2,1-3H3,(H,24,25)(H,26,27). The number of amides is 1. The van der Waals surface area contributed by atoms with Gasteiger partial charge < -0.3 is 24.8 Å². The Morgan fingerprint density at radius 1 is 0.867 bits per heavy atom. The SMILES string of the molecule is COc1ccc(CCNc2ccc(NC(=O)c3cc(OC)cc(OC)c3)cn2)cc1. The van der Waals surface area contributed by atoms with Gasteiger partial charge in [0.2, 0.25) is 0 Å². The number of ether oxygens (including phenoxy) is 3. The molecule has 1 amide bonds. The Morgan fingerprint density at radius 2 is 1.53 bits per heavy atom. The number of carbonyl (C=O) groups is 1. The number of aromatic nitrogens is 1. The van der Waals surface area contributed by atoms with Crippen molar-refractivity contribution < 1.29 is 19.0 Å². The van der Waals surface area contributed by atoms with Crippen LogP contribution in [-0.4, -0.2) is 38.8 Å². The maximum absolute atomic E-state index is 12.5. The first-order chi connectivity index (χ1) is 14.6. The minimum atomic E-state index is -0.269. The van der Waals surface area contributed by atoms with Gasteiger partial charge in [0.1, 0.15) is 23.1 Å². The molecule has 0 spiro atoms. The van der Waals surface area contributed by atoms with E-state index in [1.165, 1.54) is 5.56 Å². The number of pyridine rings is 1. The Labute approximate surface area is 176 Å². The molecule has 0 radical (unpaired) electrons. The molecule has 0 unspecified atom stereocenters. The van der Waals surface area contributed by atoms with Crippen molar-refractivity contribution in [2.75, 3.05) is 38.5 Å². The number of carbonyl (C=O) groups excluding carboxylic acids is 1. The molecule has 7 heteroatoms. The van der Waals surface area contributed by atoms with Crippen LogP contribution in [0.1, 0.15) is 15.9 Å². The maximum Gasteiger partial charge on any atom is 0.255 e. The van der Waals surface area contributed by atoms with Crippen molar-refractivity contribution in [2.24, 2.45) is 0 Å². The zero-order valence-corrected chi connectivity index (χ0v) is 17.3. The summed E-state index contributed by atoms with van der Waals surface area (Å²) in [5.74, 6) is 2.42. The lowest BCUT2D eigenvalue weighted by Gasteiger charge is -2.10. The third-order valence-electron chi connectivity index (χ3n) is 4.51. The van der Waals surface area contributed by atoms with Gasteiger partial charge >= 0.3 is 0 Å². The van der Waals surface area contributed by atoms with Gasteiger partial charge in [-0.15, -0.1) is 0 Å². The van der Waals surface area contributed by atoms with Crippen LogP contribution in [0, 0.1) is 0 Å². The first-order valence-electron chi connectivity index (χ1n) is 9.48. The summed E-state index contributed by atoms with van der Waals surface area (Å²) >= 11 is 0. The van der Waals surface area contributed by atoms with Crippen molar-refractivity contribution in [1.82, 2.24) is 4.98 Å². The molecule has 30 heavy (non-hydrogen) atoms. The monoisotopic (exact) mass is 407 g/mol. The second kappa shape index (κ2) is 10.2. The predicted octanol–water partition coefficient (Wildman–Crippen LogP) is 4.01. The minimum absolute atomic E-state index is 0.269. The van der Waals surface area contributed by atoms with Crippen LogP contribution < -0.4 is 24.8 Å². The Kier molecular flexibility index (Phi) is 7.10. The molecule has 1 aromatic heterocycles. The Hall–Kier alpha value is -3.74. The molecule has 1 heterocycles. The summed E-state index contributed by atoms with van der Waals surface area (Å²) in [4.78, 5) is 16.9. The number of benzene rings is 2. The normalized spacial score (nSPS) is 10.2. The van der Waals surface area contributed by atoms with Gasteiger partial charge in [0.15, 0.2) is 0 Å². The smallest absolute Gasteiger partial charge is 0.255 e. The third-order valence-corrected chi connectivity index (χ3v) is 4.51. The average molecular weight is 407 g/mol. The molecule has 0 aliphatic heterocycles. The van der Waals surface area contributed by atoms with E-state index in [1.54, 1.807) is 51.8 Å². The van der Waals surface area contributed by atoms with E-state index in [0.717, 1.165) is 24.5 Å². The number of anilines is 2. The number of rotatable bonds is 9. The molecule has 0 aliphatic rings. The van der Waals surface area contributed by atoms with Crippen LogP contribution in [0.2, 0.25) is 0 Å². The number of nitrogens with one attached hydrogen (secondary N) is 2. The molecular formula is C23H25N3O4. The zero-order chi connectivity index (χ0) is 21.3. The van der Waals surface area contributed by atoms with Crippen molar-refractivity contribution >= 4 is 17.4 Å². The second-order valence-corrected chi connectivity index (χ2v) is 6.51. The molecule has 2 aromatic carbocycles. The van der Waals surface area contributed by atoms with Gasteiger partial charge in [-0.2, -0.15) is 0 Å². The van der Waals surface area contributed by atoms with Gasteiger partial charge in [-0.05, 0) is 48.4 Å². The summed E-state index contributed by atoms with van der Waals surface area (Å²) in [6.07, 6.45) is 2.48. The van der Waals surface area contributed by atoms with E-state index in [4.69, 9.17) is 14.2 Å². The van der Waals surface area contributed by atoms with Crippen molar-refractivity contribution in [3.05, 3.63) is 71.9 Å². The van der Waals surface area contributed by atoms with Gasteiger partial charge in [0.25, 0.3) is 5.91 Å². The average Bonchev–Trinajstić information content (AvgIpc) is 2.80. The van der Waals surface area contributed by atoms with Crippen LogP contribution in [0.5, 0.6) is 17.2 Å². The summed E-state index contributed by atoms with van der Waals surface area (Å²) in [6, 6.07) is 16.6. The van der Waals surface area contributed by atoms with Crippen molar-refractivity contribution in [1.29, 1.82) is 0 Å². The van der Waals surface area contributed by atoms with Gasteiger partial charge in [-0.1, -0.05) is 12.1 Å². The van der Waals surface area contributed by atoms with Gasteiger partial charge in [0.05, 0.1) is 33.2 Å². The van der Waals surface area contributed by atoms with Crippen LogP contribution in [0.3, 0.4) is 0 Å². The molecule has 0 saturated heterocycles. The third kappa shape index (κ3) is 5.64. The largest absolute Gasteiger partial charge is 0.497 e. The molecule has 0 fully saturated rings. The highest BCUT2D eigenvalue weighted by Crippen LogP contribution is 2.23. The van der Waals surface area contributed by atoms with E-state index in [-0.39, 0.29) is 5.91 Å². The fourth-order valence-electron chi connectivity index (χ4n) is 2.84. The Balaban J connectivity index is 1.54. The lowest BCUT2D eigenvalue weighted by Crippen LogP contribution is -2.13. The van der Waals surface area contributed by atoms with Gasteiger partial charge in [-0.3, -0.25) is 4.79 Å². The zero-order valence-electron chi connectivity index (χ0n) is 17.3. The van der Waals surface area contributed by atoms with E-state index in [9.17, 15) is 4.79 Å². The highest BCUT2D eigenvalue weighted by Gasteiger charge is 2.10. The molecule has 0 atom stereocenters. The predicted molar refractivity (Wildman–Crippen MR) is 117 cm³/mol.